The third-order valence-corrected chi connectivity index (χ3v) is 5.14. The first-order valence-electron chi connectivity index (χ1n) is 9.60. The quantitative estimate of drug-likeness (QED) is 0.458. The summed E-state index contributed by atoms with van der Waals surface area (Å²) in [5, 5.41) is 17.6. The van der Waals surface area contributed by atoms with Gasteiger partial charge in [0.15, 0.2) is 0 Å². The van der Waals surface area contributed by atoms with Crippen molar-refractivity contribution < 1.29 is 24.5 Å². The van der Waals surface area contributed by atoms with E-state index in [0.29, 0.717) is 5.69 Å². The van der Waals surface area contributed by atoms with Gasteiger partial charge in [0, 0.05) is 17.1 Å². The molecule has 0 unspecified atom stereocenters. The van der Waals surface area contributed by atoms with Gasteiger partial charge in [-0.15, -0.1) is 0 Å². The summed E-state index contributed by atoms with van der Waals surface area (Å²) in [6, 6.07) is 16.3. The van der Waals surface area contributed by atoms with Crippen LogP contribution in [0.15, 0.2) is 54.6 Å². The molecule has 1 aliphatic heterocycles. The molecule has 1 fully saturated rings. The summed E-state index contributed by atoms with van der Waals surface area (Å²) in [4.78, 5) is 26.2. The molecule has 2 aromatic rings. The number of carboxylic acids is 1. The van der Waals surface area contributed by atoms with Crippen LogP contribution in [-0.4, -0.2) is 51.1 Å². The summed E-state index contributed by atoms with van der Waals surface area (Å²) in [5.41, 5.74) is 2.52. The first-order chi connectivity index (χ1) is 13.5. The van der Waals surface area contributed by atoms with E-state index in [0.717, 1.165) is 42.5 Å². The smallest absolute Gasteiger partial charge is 0.230 e. The van der Waals surface area contributed by atoms with Gasteiger partial charge in [-0.2, -0.15) is 0 Å². The minimum Gasteiger partial charge on any atom is -0.544 e. The number of para-hydroxylation sites is 1. The van der Waals surface area contributed by atoms with Gasteiger partial charge in [0.1, 0.15) is 32.2 Å². The average Bonchev–Trinajstić information content (AvgIpc) is 2.69. The van der Waals surface area contributed by atoms with Gasteiger partial charge < -0.3 is 30.3 Å². The Kier molecular flexibility index (Phi) is 6.62. The van der Waals surface area contributed by atoms with E-state index < -0.39 is 12.0 Å². The number of carbonyl (C=O) groups is 2. The Morgan fingerprint density at radius 3 is 2.11 bits per heavy atom. The fourth-order valence-electron chi connectivity index (χ4n) is 3.46. The number of hydrogen-bond acceptors (Lipinski definition) is 4. The number of likely N-dealkylation sites (N-methyl/N-ethyl adjacent to an activating group) is 1. The molecule has 4 N–H and O–H groups in total. The van der Waals surface area contributed by atoms with Crippen molar-refractivity contribution in [1.29, 1.82) is 0 Å². The van der Waals surface area contributed by atoms with Crippen LogP contribution in [0.25, 0.3) is 0 Å². The Labute approximate surface area is 165 Å². The van der Waals surface area contributed by atoms with Gasteiger partial charge in [0.25, 0.3) is 0 Å². The van der Waals surface area contributed by atoms with E-state index in [2.05, 4.69) is 17.7 Å². The molecule has 1 aliphatic rings. The molecule has 1 saturated heterocycles. The fourth-order valence-corrected chi connectivity index (χ4v) is 3.46. The molecule has 7 nitrogen and oxygen atoms in total. The number of benzene rings is 2. The maximum Gasteiger partial charge on any atom is 0.230 e. The molecule has 3 rings (SSSR count). The highest BCUT2D eigenvalue weighted by molar-refractivity contribution is 5.93. The van der Waals surface area contributed by atoms with E-state index in [-0.39, 0.29) is 12.3 Å². The summed E-state index contributed by atoms with van der Waals surface area (Å²) >= 11 is 0. The largest absolute Gasteiger partial charge is 0.544 e. The lowest BCUT2D eigenvalue weighted by Crippen LogP contribution is -3.29. The summed E-state index contributed by atoms with van der Waals surface area (Å²) < 4.78 is 0. The third-order valence-electron chi connectivity index (χ3n) is 5.14. The predicted octanol–water partition coefficient (Wildman–Crippen LogP) is -1.71. The monoisotopic (exact) mass is 383 g/mol. The molecular formula is C21H27N4O3+. The van der Waals surface area contributed by atoms with E-state index in [4.69, 9.17) is 0 Å². The zero-order chi connectivity index (χ0) is 19.9. The van der Waals surface area contributed by atoms with Gasteiger partial charge in [0.2, 0.25) is 5.91 Å². The predicted molar refractivity (Wildman–Crippen MR) is 106 cm³/mol. The van der Waals surface area contributed by atoms with E-state index in [1.54, 1.807) is 12.1 Å². The maximum absolute atomic E-state index is 12.4. The Hall–Kier alpha value is -2.90. The lowest BCUT2D eigenvalue weighted by molar-refractivity contribution is -1.01. The number of rotatable bonds is 7. The number of nitrogens with one attached hydrogen (secondary N) is 4. The number of amides is 1. The number of aliphatic carboxylic acids is 1. The first kappa shape index (κ1) is 19.9. The van der Waals surface area contributed by atoms with Crippen molar-refractivity contribution in [2.75, 3.05) is 43.9 Å². The van der Waals surface area contributed by atoms with Crippen molar-refractivity contribution in [3.8, 4) is 0 Å². The zero-order valence-electron chi connectivity index (χ0n) is 16.0. The summed E-state index contributed by atoms with van der Waals surface area (Å²) in [6.07, 6.45) is -0.0826. The number of anilines is 3. The molecule has 7 heteroatoms. The van der Waals surface area contributed by atoms with Gasteiger partial charge in [-0.1, -0.05) is 18.2 Å². The lowest BCUT2D eigenvalue weighted by Gasteiger charge is -2.33. The number of carbonyl (C=O) groups excluding carboxylic acids is 2. The van der Waals surface area contributed by atoms with Crippen molar-refractivity contribution in [2.45, 2.75) is 12.5 Å². The number of quaternary nitrogens is 2. The Balaban J connectivity index is 1.55. The molecule has 148 valence electrons. The van der Waals surface area contributed by atoms with Crippen LogP contribution in [0.5, 0.6) is 0 Å². The molecule has 0 aliphatic carbocycles. The molecular weight excluding hydrogens is 356 g/mol. The second kappa shape index (κ2) is 9.34. The first-order valence-corrected chi connectivity index (χ1v) is 9.60. The topological polar surface area (TPSA) is 90.1 Å². The molecule has 0 radical (unpaired) electrons. The van der Waals surface area contributed by atoms with Crippen LogP contribution in [0.4, 0.5) is 17.1 Å². The minimum atomic E-state index is -1.16. The van der Waals surface area contributed by atoms with Crippen LogP contribution in [0.1, 0.15) is 6.42 Å². The molecule has 0 aromatic heterocycles. The molecule has 0 bridgehead atoms. The maximum atomic E-state index is 12.4. The summed E-state index contributed by atoms with van der Waals surface area (Å²) in [7, 11) is 2.09. The number of carboxylic acid groups (broad SMARTS) is 1. The summed E-state index contributed by atoms with van der Waals surface area (Å²) in [6.45, 7) is 3.27. The average molecular weight is 383 g/mol. The van der Waals surface area contributed by atoms with E-state index in [1.807, 2.05) is 42.5 Å². The van der Waals surface area contributed by atoms with Crippen LogP contribution in [0.2, 0.25) is 0 Å². The van der Waals surface area contributed by atoms with Crippen LogP contribution in [0, 0.1) is 0 Å². The SMILES string of the molecule is C[NH+]1CC[NH+]([C@H](CC(=O)Nc2ccc(Nc3ccccc3)cc2)C(=O)[O-])CC1. The second-order valence-electron chi connectivity index (χ2n) is 7.31. The fraction of sp³-hybridized carbons (Fsp3) is 0.333. The van der Waals surface area contributed by atoms with Gasteiger partial charge in [-0.25, -0.2) is 0 Å². The third kappa shape index (κ3) is 5.55. The van der Waals surface area contributed by atoms with Crippen molar-refractivity contribution >= 4 is 28.9 Å². The van der Waals surface area contributed by atoms with Gasteiger partial charge >= 0.3 is 0 Å². The van der Waals surface area contributed by atoms with Gasteiger partial charge in [-0.05, 0) is 36.4 Å². The molecule has 28 heavy (non-hydrogen) atoms. The molecule has 1 atom stereocenters. The Morgan fingerprint density at radius 2 is 1.50 bits per heavy atom. The van der Waals surface area contributed by atoms with Crippen molar-refractivity contribution in [3.63, 3.8) is 0 Å². The van der Waals surface area contributed by atoms with Gasteiger partial charge in [-0.3, -0.25) is 4.79 Å². The van der Waals surface area contributed by atoms with Crippen LogP contribution >= 0.6 is 0 Å². The van der Waals surface area contributed by atoms with Crippen LogP contribution < -0.4 is 25.5 Å². The van der Waals surface area contributed by atoms with E-state index >= 15 is 0 Å². The zero-order valence-corrected chi connectivity index (χ0v) is 16.0. The van der Waals surface area contributed by atoms with Crippen LogP contribution in [0.3, 0.4) is 0 Å². The van der Waals surface area contributed by atoms with Crippen molar-refractivity contribution in [1.82, 2.24) is 0 Å². The highest BCUT2D eigenvalue weighted by Gasteiger charge is 2.30. The van der Waals surface area contributed by atoms with Crippen molar-refractivity contribution in [3.05, 3.63) is 54.6 Å². The highest BCUT2D eigenvalue weighted by atomic mass is 16.4. The Morgan fingerprint density at radius 1 is 0.929 bits per heavy atom. The van der Waals surface area contributed by atoms with E-state index in [1.165, 1.54) is 4.90 Å². The van der Waals surface area contributed by atoms with Crippen LogP contribution in [-0.2, 0) is 9.59 Å². The standard InChI is InChI=1S/C21H26N4O3/c1-24-11-13-25(14-12-24)19(21(27)28)15-20(26)23-18-9-7-17(8-10-18)22-16-5-3-2-4-6-16/h2-10,19,22H,11-15H2,1H3,(H,23,26)(H,27,28)/p+1/t19-/m1/s1. The molecule has 1 heterocycles. The van der Waals surface area contributed by atoms with Gasteiger partial charge in [0.05, 0.1) is 19.4 Å². The number of hydrogen-bond donors (Lipinski definition) is 4. The summed E-state index contributed by atoms with van der Waals surface area (Å²) in [5.74, 6) is -1.47. The molecule has 0 saturated carbocycles. The highest BCUT2D eigenvalue weighted by Crippen LogP contribution is 2.18. The second-order valence-corrected chi connectivity index (χ2v) is 7.31. The molecule has 1 amide bonds. The number of piperazine rings is 1. The molecule has 0 spiro atoms. The minimum absolute atomic E-state index is 0.0826. The van der Waals surface area contributed by atoms with Crippen molar-refractivity contribution in [2.24, 2.45) is 0 Å². The van der Waals surface area contributed by atoms with E-state index in [9.17, 15) is 14.7 Å². The lowest BCUT2D eigenvalue weighted by atomic mass is 10.1. The Bertz CT molecular complexity index is 787. The normalized spacial score (nSPS) is 20.2. The molecule has 2 aromatic carbocycles.